The summed E-state index contributed by atoms with van der Waals surface area (Å²) in [7, 11) is 1.76. The number of aromatic nitrogens is 1. The minimum absolute atomic E-state index is 0.0460. The van der Waals surface area contributed by atoms with Gasteiger partial charge in [-0.05, 0) is 67.0 Å². The SMILES string of the molecule is Cc1cccc(C)c1C(=O)[C@@H]1[C@@H]2CNCC2CN1CCC(NC(=O)[C@H]1CC(=O)N(C)[C@@H]1c1cccnc1)c1ccccc1. The van der Waals surface area contributed by atoms with Gasteiger partial charge in [-0.2, -0.15) is 0 Å². The lowest BCUT2D eigenvalue weighted by molar-refractivity contribution is -0.128. The van der Waals surface area contributed by atoms with E-state index in [1.165, 1.54) is 0 Å². The summed E-state index contributed by atoms with van der Waals surface area (Å²) in [4.78, 5) is 49.1. The van der Waals surface area contributed by atoms with Crippen LogP contribution in [0.15, 0.2) is 73.1 Å². The highest BCUT2D eigenvalue weighted by molar-refractivity contribution is 6.03. The fourth-order valence-corrected chi connectivity index (χ4v) is 7.64. The molecule has 2 aromatic carbocycles. The molecule has 0 spiro atoms. The molecule has 0 bridgehead atoms. The standard InChI is InChI=1S/C35H41N5O3/c1-22-9-7-10-23(2)31(22)34(42)33-28-20-37-19-26(28)21-40(33)16-14-29(24-11-5-4-6-12-24)38-35(43)27-17-30(41)39(3)32(27)25-13-8-15-36-18-25/h4-13,15,18,26-29,32-33,37H,14,16-17,19-21H2,1-3H3,(H,38,43)/t26?,27-,28+,29?,32+,33-/m0/s1. The van der Waals surface area contributed by atoms with Gasteiger partial charge in [0.15, 0.2) is 5.78 Å². The van der Waals surface area contributed by atoms with Gasteiger partial charge in [0.2, 0.25) is 11.8 Å². The number of fused-ring (bicyclic) bond motifs is 1. The zero-order valence-electron chi connectivity index (χ0n) is 25.2. The molecular weight excluding hydrogens is 538 g/mol. The van der Waals surface area contributed by atoms with E-state index in [1.807, 2.05) is 74.5 Å². The molecule has 3 aliphatic heterocycles. The van der Waals surface area contributed by atoms with Gasteiger partial charge in [-0.3, -0.25) is 24.3 Å². The van der Waals surface area contributed by atoms with Crippen molar-refractivity contribution in [2.24, 2.45) is 17.8 Å². The fourth-order valence-electron chi connectivity index (χ4n) is 7.64. The summed E-state index contributed by atoms with van der Waals surface area (Å²) in [5.41, 5.74) is 4.76. The van der Waals surface area contributed by atoms with Gasteiger partial charge in [0, 0.05) is 51.1 Å². The van der Waals surface area contributed by atoms with Crippen LogP contribution in [0.2, 0.25) is 0 Å². The van der Waals surface area contributed by atoms with Gasteiger partial charge < -0.3 is 15.5 Å². The number of ketones is 1. The summed E-state index contributed by atoms with van der Waals surface area (Å²) in [6.07, 6.45) is 4.26. The second-order valence-corrected chi connectivity index (χ2v) is 12.5. The van der Waals surface area contributed by atoms with Crippen LogP contribution in [0.3, 0.4) is 0 Å². The van der Waals surface area contributed by atoms with E-state index in [-0.39, 0.29) is 48.1 Å². The Balaban J connectivity index is 1.23. The Bertz CT molecular complexity index is 1460. The Morgan fingerprint density at radius 1 is 1.02 bits per heavy atom. The average molecular weight is 580 g/mol. The van der Waals surface area contributed by atoms with Crippen molar-refractivity contribution in [3.8, 4) is 0 Å². The number of pyridine rings is 1. The van der Waals surface area contributed by atoms with Crippen molar-refractivity contribution in [3.63, 3.8) is 0 Å². The Morgan fingerprint density at radius 2 is 1.79 bits per heavy atom. The Labute approximate surface area is 253 Å². The van der Waals surface area contributed by atoms with Gasteiger partial charge >= 0.3 is 0 Å². The monoisotopic (exact) mass is 579 g/mol. The minimum atomic E-state index is -0.511. The molecule has 0 saturated carbocycles. The zero-order valence-corrected chi connectivity index (χ0v) is 25.2. The van der Waals surface area contributed by atoms with Crippen molar-refractivity contribution in [1.29, 1.82) is 0 Å². The van der Waals surface area contributed by atoms with Gasteiger partial charge in [0.1, 0.15) is 0 Å². The van der Waals surface area contributed by atoms with Gasteiger partial charge in [-0.15, -0.1) is 0 Å². The van der Waals surface area contributed by atoms with Crippen LogP contribution in [0.4, 0.5) is 0 Å². The molecule has 2 amide bonds. The highest BCUT2D eigenvalue weighted by Crippen LogP contribution is 2.38. The van der Waals surface area contributed by atoms with Crippen LogP contribution in [0.5, 0.6) is 0 Å². The smallest absolute Gasteiger partial charge is 0.226 e. The molecule has 6 rings (SSSR count). The zero-order chi connectivity index (χ0) is 30.1. The molecule has 4 heterocycles. The molecule has 3 aromatic rings. The van der Waals surface area contributed by atoms with E-state index >= 15 is 0 Å². The van der Waals surface area contributed by atoms with Crippen LogP contribution in [0.1, 0.15) is 57.5 Å². The number of rotatable bonds is 9. The molecule has 224 valence electrons. The van der Waals surface area contributed by atoms with Crippen molar-refractivity contribution < 1.29 is 14.4 Å². The third-order valence-electron chi connectivity index (χ3n) is 9.83. The lowest BCUT2D eigenvalue weighted by Crippen LogP contribution is -2.44. The maximum Gasteiger partial charge on any atom is 0.226 e. The predicted molar refractivity (Wildman–Crippen MR) is 165 cm³/mol. The van der Waals surface area contributed by atoms with Gasteiger partial charge in [0.25, 0.3) is 0 Å². The molecule has 0 aliphatic carbocycles. The van der Waals surface area contributed by atoms with Gasteiger partial charge in [-0.1, -0.05) is 54.6 Å². The van der Waals surface area contributed by atoms with Crippen molar-refractivity contribution >= 4 is 17.6 Å². The largest absolute Gasteiger partial charge is 0.349 e. The summed E-state index contributed by atoms with van der Waals surface area (Å²) in [6, 6.07) is 19.0. The van der Waals surface area contributed by atoms with Crippen LogP contribution < -0.4 is 10.6 Å². The van der Waals surface area contributed by atoms with Crippen molar-refractivity contribution in [2.45, 2.75) is 44.8 Å². The lowest BCUT2D eigenvalue weighted by Gasteiger charge is -2.30. The number of hydrogen-bond donors (Lipinski definition) is 2. The Morgan fingerprint density at radius 3 is 2.51 bits per heavy atom. The summed E-state index contributed by atoms with van der Waals surface area (Å²) in [5, 5.41) is 6.83. The lowest BCUT2D eigenvalue weighted by atomic mass is 9.86. The maximum atomic E-state index is 14.2. The second-order valence-electron chi connectivity index (χ2n) is 12.5. The van der Waals surface area contributed by atoms with Gasteiger partial charge in [-0.25, -0.2) is 0 Å². The van der Waals surface area contributed by atoms with Crippen molar-refractivity contribution in [2.75, 3.05) is 33.2 Å². The molecule has 1 aromatic heterocycles. The number of nitrogens with zero attached hydrogens (tertiary/aromatic N) is 3. The third-order valence-corrected chi connectivity index (χ3v) is 9.83. The average Bonchev–Trinajstić information content (AvgIpc) is 3.69. The minimum Gasteiger partial charge on any atom is -0.349 e. The number of carbonyl (C=O) groups excluding carboxylic acids is 3. The van der Waals surface area contributed by atoms with E-state index in [4.69, 9.17) is 0 Å². The Hall–Kier alpha value is -3.88. The molecule has 3 aliphatic rings. The Kier molecular flexibility index (Phi) is 8.41. The first kappa shape index (κ1) is 29.2. The molecule has 2 N–H and O–H groups in total. The van der Waals surface area contributed by atoms with E-state index in [0.717, 1.165) is 47.5 Å². The molecule has 43 heavy (non-hydrogen) atoms. The number of carbonyl (C=O) groups is 3. The maximum absolute atomic E-state index is 14.2. The topological polar surface area (TPSA) is 94.6 Å². The fraction of sp³-hybridized carbons (Fsp3) is 0.429. The molecule has 0 radical (unpaired) electrons. The summed E-state index contributed by atoms with van der Waals surface area (Å²) >= 11 is 0. The molecule has 2 unspecified atom stereocenters. The molecule has 8 heteroatoms. The second kappa shape index (κ2) is 12.4. The summed E-state index contributed by atoms with van der Waals surface area (Å²) in [5.74, 6) is 0.226. The normalized spacial score (nSPS) is 26.0. The number of nitrogens with one attached hydrogen (secondary N) is 2. The highest BCUT2D eigenvalue weighted by Gasteiger charge is 2.48. The number of benzene rings is 2. The van der Waals surface area contributed by atoms with E-state index in [9.17, 15) is 14.4 Å². The van der Waals surface area contributed by atoms with E-state index in [0.29, 0.717) is 18.9 Å². The molecule has 8 nitrogen and oxygen atoms in total. The third kappa shape index (κ3) is 5.74. The van der Waals surface area contributed by atoms with Crippen molar-refractivity contribution in [3.05, 3.63) is 101 Å². The van der Waals surface area contributed by atoms with Gasteiger partial charge in [0.05, 0.1) is 24.0 Å². The van der Waals surface area contributed by atoms with Crippen LogP contribution in [0.25, 0.3) is 0 Å². The first-order valence-electron chi connectivity index (χ1n) is 15.4. The van der Waals surface area contributed by atoms with Crippen LogP contribution in [-0.2, 0) is 9.59 Å². The van der Waals surface area contributed by atoms with E-state index < -0.39 is 5.92 Å². The number of aryl methyl sites for hydroxylation is 2. The van der Waals surface area contributed by atoms with Crippen LogP contribution in [0, 0.1) is 31.6 Å². The number of amides is 2. The predicted octanol–water partition coefficient (Wildman–Crippen LogP) is 3.87. The van der Waals surface area contributed by atoms with Crippen LogP contribution >= 0.6 is 0 Å². The van der Waals surface area contributed by atoms with Crippen LogP contribution in [-0.4, -0.2) is 71.6 Å². The number of likely N-dealkylation sites (tertiary alicyclic amines) is 2. The summed E-state index contributed by atoms with van der Waals surface area (Å²) < 4.78 is 0. The quantitative estimate of drug-likeness (QED) is 0.374. The molecule has 3 fully saturated rings. The first-order chi connectivity index (χ1) is 20.8. The highest BCUT2D eigenvalue weighted by atomic mass is 16.2. The molecular formula is C35H41N5O3. The summed E-state index contributed by atoms with van der Waals surface area (Å²) in [6.45, 7) is 7.36. The molecule has 6 atom stereocenters. The molecule has 3 saturated heterocycles. The van der Waals surface area contributed by atoms with E-state index in [1.54, 1.807) is 24.3 Å². The first-order valence-corrected chi connectivity index (χ1v) is 15.4. The number of hydrogen-bond acceptors (Lipinski definition) is 6. The number of Topliss-reactive ketones (excluding diaryl/α,β-unsaturated/α-hetero) is 1. The van der Waals surface area contributed by atoms with Crippen molar-refractivity contribution in [1.82, 2.24) is 25.4 Å². The van der Waals surface area contributed by atoms with E-state index in [2.05, 4.69) is 20.5 Å².